The van der Waals surface area contributed by atoms with Gasteiger partial charge in [0.1, 0.15) is 16.7 Å². The summed E-state index contributed by atoms with van der Waals surface area (Å²) in [5, 5.41) is 8.52. The van der Waals surface area contributed by atoms with Crippen LogP contribution in [-0.2, 0) is 0 Å². The van der Waals surface area contributed by atoms with E-state index in [1.165, 1.54) is 42.0 Å². The molecule has 0 atom stereocenters. The molecule has 0 aliphatic heterocycles. The minimum absolute atomic E-state index is 0.909. The van der Waals surface area contributed by atoms with Gasteiger partial charge in [-0.3, -0.25) is 4.40 Å². The maximum absolute atomic E-state index is 6.25. The Kier molecular flexibility index (Phi) is 3.94. The Hall–Kier alpha value is -5.52. The Morgan fingerprint density at radius 1 is 0.558 bits per heavy atom. The number of aromatic nitrogens is 3. The van der Waals surface area contributed by atoms with Crippen LogP contribution in [0, 0.1) is 0 Å². The lowest BCUT2D eigenvalue weighted by Crippen LogP contribution is -1.89. The quantitative estimate of drug-likeness (QED) is 0.199. The molecule has 0 saturated carbocycles. The van der Waals surface area contributed by atoms with Crippen LogP contribution in [0.15, 0.2) is 120 Å². The number of benzene rings is 6. The predicted molar refractivity (Wildman–Crippen MR) is 180 cm³/mol. The zero-order valence-electron chi connectivity index (χ0n) is 22.6. The van der Waals surface area contributed by atoms with Crippen LogP contribution in [0.5, 0.6) is 0 Å². The number of thiophene rings is 1. The van der Waals surface area contributed by atoms with E-state index in [0.717, 1.165) is 60.6 Å². The van der Waals surface area contributed by atoms with Crippen LogP contribution in [0.4, 0.5) is 0 Å². The molecule has 0 fully saturated rings. The molecule has 6 aromatic carbocycles. The van der Waals surface area contributed by atoms with Crippen LogP contribution in [0.25, 0.3) is 103 Å². The first-order valence-electron chi connectivity index (χ1n) is 14.4. The van der Waals surface area contributed by atoms with Crippen molar-refractivity contribution in [2.45, 2.75) is 0 Å². The largest absolute Gasteiger partial charge is 0.456 e. The summed E-state index contributed by atoms with van der Waals surface area (Å²) >= 11 is 1.87. The number of hydrogen-bond acceptors (Lipinski definition) is 4. The first-order valence-corrected chi connectivity index (χ1v) is 15.2. The summed E-state index contributed by atoms with van der Waals surface area (Å²) in [6, 6.07) is 40.9. The van der Waals surface area contributed by atoms with Crippen molar-refractivity contribution in [2.75, 3.05) is 0 Å². The lowest BCUT2D eigenvalue weighted by Gasteiger charge is -2.05. The molecule has 11 rings (SSSR count). The highest BCUT2D eigenvalue weighted by Crippen LogP contribution is 2.47. The van der Waals surface area contributed by atoms with Gasteiger partial charge in [-0.05, 0) is 65.7 Å². The van der Waals surface area contributed by atoms with Gasteiger partial charge in [0.25, 0.3) is 0 Å². The Morgan fingerprint density at radius 2 is 1.30 bits per heavy atom. The Balaban J connectivity index is 1.29. The van der Waals surface area contributed by atoms with Crippen molar-refractivity contribution in [3.05, 3.63) is 115 Å². The molecule has 198 valence electrons. The van der Waals surface area contributed by atoms with E-state index in [1.54, 1.807) is 0 Å². The third-order valence-electron chi connectivity index (χ3n) is 9.10. The summed E-state index contributed by atoms with van der Waals surface area (Å²) in [4.78, 5) is 10.3. The third-order valence-corrected chi connectivity index (χ3v) is 10.3. The van der Waals surface area contributed by atoms with Gasteiger partial charge >= 0.3 is 0 Å². The van der Waals surface area contributed by atoms with Crippen molar-refractivity contribution < 1.29 is 4.42 Å². The molecule has 0 bridgehead atoms. The van der Waals surface area contributed by atoms with Gasteiger partial charge < -0.3 is 4.42 Å². The highest BCUT2D eigenvalue weighted by molar-refractivity contribution is 7.26. The van der Waals surface area contributed by atoms with Crippen LogP contribution in [0.2, 0.25) is 0 Å². The van der Waals surface area contributed by atoms with Crippen molar-refractivity contribution in [1.29, 1.82) is 0 Å². The normalized spacial score (nSPS) is 12.7. The van der Waals surface area contributed by atoms with Gasteiger partial charge in [0.15, 0.2) is 5.65 Å². The molecular weight excluding hydrogens is 547 g/mol. The Morgan fingerprint density at radius 3 is 2.23 bits per heavy atom. The SMILES string of the molecule is c1ccc2nc3c(nc2c1)c1cc2c4ccccc4sc2c2c4cc(-c5ccc6c(c5)oc5ccccc56)ccc4n3c12. The van der Waals surface area contributed by atoms with Crippen LogP contribution in [-0.4, -0.2) is 14.4 Å². The maximum atomic E-state index is 6.25. The standard InChI is InChI=1S/C38H19N3OS/c1-5-11-31-22(7-1)23-15-13-21(18-32(23)42-31)20-14-16-30-26(17-20)34-36-27(19-25-24-8-2-6-12-33(24)43-37(25)34)35-38(41(30)36)40-29-10-4-3-9-28(29)39-35/h1-19H. The molecule has 0 radical (unpaired) electrons. The van der Waals surface area contributed by atoms with Gasteiger partial charge in [-0.2, -0.15) is 0 Å². The number of para-hydroxylation sites is 3. The van der Waals surface area contributed by atoms with Crippen LogP contribution in [0.1, 0.15) is 0 Å². The van der Waals surface area contributed by atoms with Crippen molar-refractivity contribution in [2.24, 2.45) is 0 Å². The van der Waals surface area contributed by atoms with E-state index >= 15 is 0 Å². The van der Waals surface area contributed by atoms with Crippen molar-refractivity contribution in [3.8, 4) is 11.1 Å². The molecule has 0 unspecified atom stereocenters. The van der Waals surface area contributed by atoms with Crippen LogP contribution in [0.3, 0.4) is 0 Å². The fourth-order valence-corrected chi connectivity index (χ4v) is 8.44. The molecule has 0 aliphatic carbocycles. The average Bonchev–Trinajstić information content (AvgIpc) is 3.79. The number of nitrogens with zero attached hydrogens (tertiary/aromatic N) is 3. The molecule has 0 spiro atoms. The first-order chi connectivity index (χ1) is 21.3. The average molecular weight is 566 g/mol. The second kappa shape index (κ2) is 7.65. The number of rotatable bonds is 1. The van der Waals surface area contributed by atoms with E-state index in [-0.39, 0.29) is 0 Å². The second-order valence-electron chi connectivity index (χ2n) is 11.4. The van der Waals surface area contributed by atoms with Crippen molar-refractivity contribution in [3.63, 3.8) is 0 Å². The number of hydrogen-bond donors (Lipinski definition) is 0. The van der Waals surface area contributed by atoms with E-state index in [9.17, 15) is 0 Å². The van der Waals surface area contributed by atoms with Gasteiger partial charge in [0.05, 0.1) is 22.1 Å². The Labute approximate surface area is 247 Å². The summed E-state index contributed by atoms with van der Waals surface area (Å²) in [6.45, 7) is 0. The summed E-state index contributed by atoms with van der Waals surface area (Å²) in [5.41, 5.74) is 10.2. The van der Waals surface area contributed by atoms with Gasteiger partial charge in [0, 0.05) is 47.1 Å². The molecule has 0 N–H and O–H groups in total. The highest BCUT2D eigenvalue weighted by Gasteiger charge is 2.24. The molecule has 4 nitrogen and oxygen atoms in total. The van der Waals surface area contributed by atoms with Crippen molar-refractivity contribution in [1.82, 2.24) is 14.4 Å². The molecule has 43 heavy (non-hydrogen) atoms. The molecule has 0 aliphatic rings. The maximum Gasteiger partial charge on any atom is 0.165 e. The minimum atomic E-state index is 0.909. The lowest BCUT2D eigenvalue weighted by atomic mass is 10.00. The molecule has 5 heterocycles. The van der Waals surface area contributed by atoms with E-state index in [4.69, 9.17) is 14.4 Å². The summed E-state index contributed by atoms with van der Waals surface area (Å²) < 4.78 is 11.2. The summed E-state index contributed by atoms with van der Waals surface area (Å²) in [7, 11) is 0. The zero-order chi connectivity index (χ0) is 27.8. The van der Waals surface area contributed by atoms with E-state index < -0.39 is 0 Å². The van der Waals surface area contributed by atoms with Gasteiger partial charge in [-0.15, -0.1) is 11.3 Å². The predicted octanol–water partition coefficient (Wildman–Crippen LogP) is 10.7. The van der Waals surface area contributed by atoms with E-state index in [2.05, 4.69) is 89.3 Å². The smallest absolute Gasteiger partial charge is 0.165 e. The minimum Gasteiger partial charge on any atom is -0.456 e. The van der Waals surface area contributed by atoms with Crippen LogP contribution < -0.4 is 0 Å². The Bertz CT molecular complexity index is 2960. The van der Waals surface area contributed by atoms with E-state index in [0.29, 0.717) is 0 Å². The van der Waals surface area contributed by atoms with Gasteiger partial charge in [-0.25, -0.2) is 9.97 Å². The molecule has 11 aromatic rings. The van der Waals surface area contributed by atoms with Gasteiger partial charge in [-0.1, -0.05) is 60.7 Å². The third kappa shape index (κ3) is 2.75. The molecule has 0 amide bonds. The monoisotopic (exact) mass is 565 g/mol. The summed E-state index contributed by atoms with van der Waals surface area (Å²) in [6.07, 6.45) is 0. The topological polar surface area (TPSA) is 43.3 Å². The number of fused-ring (bicyclic) bond motifs is 14. The second-order valence-corrected chi connectivity index (χ2v) is 12.4. The summed E-state index contributed by atoms with van der Waals surface area (Å²) in [5.74, 6) is 0. The number of furan rings is 1. The molecule has 5 aromatic heterocycles. The van der Waals surface area contributed by atoms with E-state index in [1.807, 2.05) is 41.7 Å². The molecular formula is C38H19N3OS. The molecule has 5 heteroatoms. The zero-order valence-corrected chi connectivity index (χ0v) is 23.4. The highest BCUT2D eigenvalue weighted by atomic mass is 32.1. The first kappa shape index (κ1) is 22.1. The fourth-order valence-electron chi connectivity index (χ4n) is 7.20. The lowest BCUT2D eigenvalue weighted by molar-refractivity contribution is 0.669. The van der Waals surface area contributed by atoms with Gasteiger partial charge in [0.2, 0.25) is 0 Å². The fraction of sp³-hybridized carbons (Fsp3) is 0. The molecule has 0 saturated heterocycles. The van der Waals surface area contributed by atoms with Crippen molar-refractivity contribution >= 4 is 103 Å². The van der Waals surface area contributed by atoms with Crippen LogP contribution >= 0.6 is 11.3 Å².